The summed E-state index contributed by atoms with van der Waals surface area (Å²) >= 11 is 6.33. The second kappa shape index (κ2) is 11.5. The first-order valence-corrected chi connectivity index (χ1v) is 11.3. The summed E-state index contributed by atoms with van der Waals surface area (Å²) in [6.07, 6.45) is 1.87. The van der Waals surface area contributed by atoms with Crippen LogP contribution in [-0.2, 0) is 16.1 Å². The summed E-state index contributed by atoms with van der Waals surface area (Å²) in [5, 5.41) is 5.44. The molecule has 168 valence electrons. The Morgan fingerprint density at radius 3 is 2.53 bits per heavy atom. The van der Waals surface area contributed by atoms with Gasteiger partial charge in [0.2, 0.25) is 5.91 Å². The number of fused-ring (bicyclic) bond motifs is 1. The normalized spacial score (nSPS) is 11.7. The molecule has 0 saturated heterocycles. The predicted molar refractivity (Wildman–Crippen MR) is 129 cm³/mol. The monoisotopic (exact) mass is 452 g/mol. The zero-order chi connectivity index (χ0) is 22.9. The second-order valence-electron chi connectivity index (χ2n) is 7.70. The number of rotatable bonds is 10. The summed E-state index contributed by atoms with van der Waals surface area (Å²) in [6.45, 7) is 4.42. The maximum atomic E-state index is 13.2. The van der Waals surface area contributed by atoms with E-state index < -0.39 is 6.04 Å². The number of carbonyl (C=O) groups excluding carboxylic acids is 2. The molecular formula is C26H29ClN2O3. The average Bonchev–Trinajstić information content (AvgIpc) is 2.81. The molecular weight excluding hydrogens is 424 g/mol. The Morgan fingerprint density at radius 2 is 1.75 bits per heavy atom. The molecule has 5 nitrogen and oxygen atoms in total. The molecule has 1 N–H and O–H groups in total. The summed E-state index contributed by atoms with van der Waals surface area (Å²) in [4.78, 5) is 27.5. The summed E-state index contributed by atoms with van der Waals surface area (Å²) in [5.74, 6) is 0.161. The number of amides is 2. The lowest BCUT2D eigenvalue weighted by molar-refractivity contribution is -0.142. The molecule has 0 unspecified atom stereocenters. The molecule has 6 heteroatoms. The second-order valence-corrected chi connectivity index (χ2v) is 8.11. The molecule has 0 aromatic heterocycles. The predicted octanol–water partition coefficient (Wildman–Crippen LogP) is 5.21. The molecule has 0 heterocycles. The summed E-state index contributed by atoms with van der Waals surface area (Å²) in [7, 11) is 0. The number of carbonyl (C=O) groups is 2. The van der Waals surface area contributed by atoms with Crippen molar-refractivity contribution >= 4 is 34.2 Å². The standard InChI is InChI=1S/C26H29ClN2O3/c1-3-4-16-28-26(31)19(2)29(17-21-11-6-8-14-23(21)27)25(30)18-32-24-15-9-12-20-10-5-7-13-22(20)24/h5-15,19H,3-4,16-18H2,1-2H3,(H,28,31)/t19-/m0/s1. The number of halogens is 1. The zero-order valence-corrected chi connectivity index (χ0v) is 19.3. The van der Waals surface area contributed by atoms with Crippen molar-refractivity contribution in [2.45, 2.75) is 39.3 Å². The Morgan fingerprint density at radius 1 is 1.03 bits per heavy atom. The quantitative estimate of drug-likeness (QED) is 0.430. The SMILES string of the molecule is CCCCNC(=O)[C@H](C)N(Cc1ccccc1Cl)C(=O)COc1cccc2ccccc12. The van der Waals surface area contributed by atoms with E-state index in [0.717, 1.165) is 29.2 Å². The van der Waals surface area contributed by atoms with Gasteiger partial charge < -0.3 is 15.0 Å². The first-order chi connectivity index (χ1) is 15.5. The van der Waals surface area contributed by atoms with Crippen molar-refractivity contribution in [3.8, 4) is 5.75 Å². The van der Waals surface area contributed by atoms with Gasteiger partial charge in [0.1, 0.15) is 11.8 Å². The van der Waals surface area contributed by atoms with E-state index in [9.17, 15) is 9.59 Å². The van der Waals surface area contributed by atoms with Crippen LogP contribution in [0.5, 0.6) is 5.75 Å². The average molecular weight is 453 g/mol. The smallest absolute Gasteiger partial charge is 0.261 e. The van der Waals surface area contributed by atoms with Crippen LogP contribution in [0.4, 0.5) is 0 Å². The van der Waals surface area contributed by atoms with Gasteiger partial charge >= 0.3 is 0 Å². The van der Waals surface area contributed by atoms with Crippen molar-refractivity contribution in [2.75, 3.05) is 13.2 Å². The van der Waals surface area contributed by atoms with Crippen molar-refractivity contribution in [2.24, 2.45) is 0 Å². The van der Waals surface area contributed by atoms with Crippen molar-refractivity contribution in [1.82, 2.24) is 10.2 Å². The highest BCUT2D eigenvalue weighted by atomic mass is 35.5. The first-order valence-electron chi connectivity index (χ1n) is 10.9. The minimum Gasteiger partial charge on any atom is -0.483 e. The highest BCUT2D eigenvalue weighted by Crippen LogP contribution is 2.25. The number of ether oxygens (including phenoxy) is 1. The van der Waals surface area contributed by atoms with Crippen molar-refractivity contribution < 1.29 is 14.3 Å². The van der Waals surface area contributed by atoms with E-state index in [4.69, 9.17) is 16.3 Å². The van der Waals surface area contributed by atoms with Crippen LogP contribution in [0.25, 0.3) is 10.8 Å². The topological polar surface area (TPSA) is 58.6 Å². The van der Waals surface area contributed by atoms with Crippen LogP contribution in [0.2, 0.25) is 5.02 Å². The summed E-state index contributed by atoms with van der Waals surface area (Å²) in [6, 6.07) is 20.3. The number of nitrogens with one attached hydrogen (secondary N) is 1. The first kappa shape index (κ1) is 23.6. The van der Waals surface area contributed by atoms with Gasteiger partial charge in [0, 0.05) is 23.5 Å². The molecule has 0 radical (unpaired) electrons. The number of hydrogen-bond acceptors (Lipinski definition) is 3. The highest BCUT2D eigenvalue weighted by Gasteiger charge is 2.27. The summed E-state index contributed by atoms with van der Waals surface area (Å²) in [5.41, 5.74) is 0.779. The zero-order valence-electron chi connectivity index (χ0n) is 18.5. The highest BCUT2D eigenvalue weighted by molar-refractivity contribution is 6.31. The van der Waals surface area contributed by atoms with Gasteiger partial charge in [0.05, 0.1) is 0 Å². The third-order valence-corrected chi connectivity index (χ3v) is 5.76. The van der Waals surface area contributed by atoms with Gasteiger partial charge in [0.25, 0.3) is 5.91 Å². The van der Waals surface area contributed by atoms with Gasteiger partial charge in [-0.2, -0.15) is 0 Å². The van der Waals surface area contributed by atoms with E-state index in [1.807, 2.05) is 60.7 Å². The molecule has 3 rings (SSSR count). The van der Waals surface area contributed by atoms with Crippen LogP contribution in [0.15, 0.2) is 66.7 Å². The molecule has 0 saturated carbocycles. The lowest BCUT2D eigenvalue weighted by Gasteiger charge is -2.29. The van der Waals surface area contributed by atoms with Gasteiger partial charge in [-0.15, -0.1) is 0 Å². The van der Waals surface area contributed by atoms with E-state index in [2.05, 4.69) is 12.2 Å². The van der Waals surface area contributed by atoms with Crippen molar-refractivity contribution in [1.29, 1.82) is 0 Å². The third-order valence-electron chi connectivity index (χ3n) is 5.40. The van der Waals surface area contributed by atoms with E-state index in [1.165, 1.54) is 4.90 Å². The van der Waals surface area contributed by atoms with E-state index in [1.54, 1.807) is 13.0 Å². The molecule has 32 heavy (non-hydrogen) atoms. The molecule has 2 amide bonds. The Balaban J connectivity index is 1.77. The fourth-order valence-electron chi connectivity index (χ4n) is 3.47. The maximum Gasteiger partial charge on any atom is 0.261 e. The largest absolute Gasteiger partial charge is 0.483 e. The Kier molecular flexibility index (Phi) is 8.51. The Bertz CT molecular complexity index is 1060. The van der Waals surface area contributed by atoms with Crippen LogP contribution in [0.3, 0.4) is 0 Å². The molecule has 3 aromatic rings. The number of nitrogens with zero attached hydrogens (tertiary/aromatic N) is 1. The number of benzene rings is 3. The van der Waals surface area contributed by atoms with Crippen LogP contribution in [-0.4, -0.2) is 35.9 Å². The van der Waals surface area contributed by atoms with Gasteiger partial charge in [-0.3, -0.25) is 9.59 Å². The minimum atomic E-state index is -0.660. The Hall–Kier alpha value is -3.05. The lowest BCUT2D eigenvalue weighted by Crippen LogP contribution is -2.49. The minimum absolute atomic E-state index is 0.176. The van der Waals surface area contributed by atoms with E-state index >= 15 is 0 Å². The molecule has 3 aromatic carbocycles. The van der Waals surface area contributed by atoms with Crippen LogP contribution >= 0.6 is 11.6 Å². The third kappa shape index (κ3) is 6.01. The molecule has 0 aliphatic heterocycles. The van der Waals surface area contributed by atoms with Gasteiger partial charge in [-0.1, -0.05) is 79.5 Å². The molecule has 0 aliphatic rings. The van der Waals surface area contributed by atoms with Crippen LogP contribution in [0, 0.1) is 0 Å². The van der Waals surface area contributed by atoms with Crippen LogP contribution < -0.4 is 10.1 Å². The maximum absolute atomic E-state index is 13.2. The number of unbranched alkanes of at least 4 members (excludes halogenated alkanes) is 1. The van der Waals surface area contributed by atoms with E-state index in [0.29, 0.717) is 17.3 Å². The molecule has 0 bridgehead atoms. The molecule has 1 atom stereocenters. The van der Waals surface area contributed by atoms with Gasteiger partial charge in [-0.25, -0.2) is 0 Å². The fraction of sp³-hybridized carbons (Fsp3) is 0.308. The lowest BCUT2D eigenvalue weighted by atomic mass is 10.1. The number of hydrogen-bond donors (Lipinski definition) is 1. The molecule has 0 aliphatic carbocycles. The molecule has 0 spiro atoms. The fourth-order valence-corrected chi connectivity index (χ4v) is 3.67. The molecule has 0 fully saturated rings. The van der Waals surface area contributed by atoms with Crippen LogP contribution in [0.1, 0.15) is 32.3 Å². The van der Waals surface area contributed by atoms with Crippen molar-refractivity contribution in [3.05, 3.63) is 77.3 Å². The summed E-state index contributed by atoms with van der Waals surface area (Å²) < 4.78 is 5.90. The van der Waals surface area contributed by atoms with Gasteiger partial charge in [0.15, 0.2) is 6.61 Å². The Labute approximate surface area is 194 Å². The van der Waals surface area contributed by atoms with Gasteiger partial charge in [-0.05, 0) is 36.4 Å². The van der Waals surface area contributed by atoms with Crippen molar-refractivity contribution in [3.63, 3.8) is 0 Å². The van der Waals surface area contributed by atoms with E-state index in [-0.39, 0.29) is 25.0 Å².